The summed E-state index contributed by atoms with van der Waals surface area (Å²) in [5.74, 6) is 1.83. The molecule has 0 aliphatic carbocycles. The highest BCUT2D eigenvalue weighted by Crippen LogP contribution is 2.38. The fourth-order valence-corrected chi connectivity index (χ4v) is 3.22. The smallest absolute Gasteiger partial charge is 0.248 e. The molecular formula is C27H27NO6. The summed E-state index contributed by atoms with van der Waals surface area (Å²) in [6.45, 7) is 0. The van der Waals surface area contributed by atoms with Crippen LogP contribution in [-0.4, -0.2) is 39.5 Å². The number of aromatic hydroxyl groups is 1. The van der Waals surface area contributed by atoms with Gasteiger partial charge in [-0.1, -0.05) is 30.4 Å². The predicted molar refractivity (Wildman–Crippen MR) is 134 cm³/mol. The number of hydrogen-bond donors (Lipinski definition) is 2. The van der Waals surface area contributed by atoms with Gasteiger partial charge in [0.2, 0.25) is 11.7 Å². The molecule has 0 saturated heterocycles. The van der Waals surface area contributed by atoms with Crippen LogP contribution in [0.4, 0.5) is 5.69 Å². The minimum absolute atomic E-state index is 0.0449. The molecule has 1 amide bonds. The van der Waals surface area contributed by atoms with Gasteiger partial charge < -0.3 is 29.4 Å². The fraction of sp³-hybridized carbons (Fsp3) is 0.148. The SMILES string of the molecule is COc1cc(/C=C/C(=O)Nc2ccc(C=Cc3cc(OC)c(OC)c(OC)c3)cc2)ccc1O. The number of amides is 1. The maximum absolute atomic E-state index is 12.2. The van der Waals surface area contributed by atoms with E-state index in [0.29, 0.717) is 28.7 Å². The lowest BCUT2D eigenvalue weighted by atomic mass is 10.1. The number of nitrogens with one attached hydrogen (secondary N) is 1. The molecule has 0 bridgehead atoms. The molecule has 0 aliphatic rings. The first-order chi connectivity index (χ1) is 16.5. The minimum Gasteiger partial charge on any atom is -0.504 e. The molecule has 7 heteroatoms. The molecule has 7 nitrogen and oxygen atoms in total. The molecule has 0 radical (unpaired) electrons. The second kappa shape index (κ2) is 11.5. The van der Waals surface area contributed by atoms with Crippen LogP contribution < -0.4 is 24.3 Å². The van der Waals surface area contributed by atoms with Crippen molar-refractivity contribution in [3.05, 3.63) is 77.4 Å². The summed E-state index contributed by atoms with van der Waals surface area (Å²) in [5, 5.41) is 12.5. The van der Waals surface area contributed by atoms with Crippen LogP contribution in [-0.2, 0) is 4.79 Å². The van der Waals surface area contributed by atoms with Gasteiger partial charge in [0.15, 0.2) is 23.0 Å². The molecule has 2 N–H and O–H groups in total. The van der Waals surface area contributed by atoms with E-state index in [9.17, 15) is 9.90 Å². The van der Waals surface area contributed by atoms with Gasteiger partial charge in [-0.25, -0.2) is 0 Å². The van der Waals surface area contributed by atoms with E-state index >= 15 is 0 Å². The Morgan fingerprint density at radius 2 is 1.26 bits per heavy atom. The Morgan fingerprint density at radius 3 is 1.85 bits per heavy atom. The monoisotopic (exact) mass is 461 g/mol. The summed E-state index contributed by atoms with van der Waals surface area (Å²) in [6, 6.07) is 16.0. The van der Waals surface area contributed by atoms with Gasteiger partial charge in [0, 0.05) is 11.8 Å². The lowest BCUT2D eigenvalue weighted by Gasteiger charge is -2.12. The summed E-state index contributed by atoms with van der Waals surface area (Å²) in [4.78, 5) is 12.2. The van der Waals surface area contributed by atoms with Crippen molar-refractivity contribution in [3.63, 3.8) is 0 Å². The first-order valence-corrected chi connectivity index (χ1v) is 10.4. The van der Waals surface area contributed by atoms with E-state index in [0.717, 1.165) is 16.7 Å². The zero-order chi connectivity index (χ0) is 24.5. The average molecular weight is 462 g/mol. The number of rotatable bonds is 9. The Morgan fingerprint density at radius 1 is 0.706 bits per heavy atom. The Labute approximate surface area is 198 Å². The highest BCUT2D eigenvalue weighted by molar-refractivity contribution is 6.02. The third kappa shape index (κ3) is 6.10. The lowest BCUT2D eigenvalue weighted by molar-refractivity contribution is -0.111. The van der Waals surface area contributed by atoms with Crippen LogP contribution >= 0.6 is 0 Å². The molecule has 3 rings (SSSR count). The number of benzene rings is 3. The van der Waals surface area contributed by atoms with Gasteiger partial charge in [-0.05, 0) is 59.2 Å². The maximum atomic E-state index is 12.2. The Bertz CT molecular complexity index is 1170. The number of anilines is 1. The van der Waals surface area contributed by atoms with Crippen molar-refractivity contribution in [2.24, 2.45) is 0 Å². The molecule has 34 heavy (non-hydrogen) atoms. The number of carbonyl (C=O) groups excluding carboxylic acids is 1. The second-order valence-corrected chi connectivity index (χ2v) is 7.17. The average Bonchev–Trinajstić information content (AvgIpc) is 2.87. The zero-order valence-corrected chi connectivity index (χ0v) is 19.5. The molecule has 3 aromatic rings. The van der Waals surface area contributed by atoms with Crippen molar-refractivity contribution < 1.29 is 28.8 Å². The van der Waals surface area contributed by atoms with Gasteiger partial charge in [-0.15, -0.1) is 0 Å². The van der Waals surface area contributed by atoms with Crippen LogP contribution in [0.15, 0.2) is 60.7 Å². The van der Waals surface area contributed by atoms with Gasteiger partial charge in [0.25, 0.3) is 0 Å². The zero-order valence-electron chi connectivity index (χ0n) is 19.5. The highest BCUT2D eigenvalue weighted by atomic mass is 16.5. The number of phenolic OH excluding ortho intramolecular Hbond substituents is 1. The van der Waals surface area contributed by atoms with E-state index in [1.54, 1.807) is 39.5 Å². The van der Waals surface area contributed by atoms with Crippen molar-refractivity contribution in [2.75, 3.05) is 33.8 Å². The van der Waals surface area contributed by atoms with E-state index in [4.69, 9.17) is 18.9 Å². The maximum Gasteiger partial charge on any atom is 0.248 e. The number of phenols is 1. The molecule has 0 atom stereocenters. The summed E-state index contributed by atoms with van der Waals surface area (Å²) >= 11 is 0. The van der Waals surface area contributed by atoms with E-state index in [-0.39, 0.29) is 11.7 Å². The van der Waals surface area contributed by atoms with Gasteiger partial charge in [0.1, 0.15) is 0 Å². The van der Waals surface area contributed by atoms with Gasteiger partial charge in [-0.3, -0.25) is 4.79 Å². The quantitative estimate of drug-likeness (QED) is 0.334. The number of ether oxygens (including phenoxy) is 4. The van der Waals surface area contributed by atoms with Gasteiger partial charge >= 0.3 is 0 Å². The predicted octanol–water partition coefficient (Wildman–Crippen LogP) is 5.25. The molecule has 0 unspecified atom stereocenters. The van der Waals surface area contributed by atoms with Crippen molar-refractivity contribution in [1.82, 2.24) is 0 Å². The molecule has 0 saturated carbocycles. The topological polar surface area (TPSA) is 86.3 Å². The van der Waals surface area contributed by atoms with Crippen LogP contribution in [0.25, 0.3) is 18.2 Å². The molecule has 0 fully saturated rings. The minimum atomic E-state index is -0.271. The third-order valence-corrected chi connectivity index (χ3v) is 4.96. The lowest BCUT2D eigenvalue weighted by Crippen LogP contribution is -2.07. The Balaban J connectivity index is 1.65. The summed E-state index contributed by atoms with van der Waals surface area (Å²) < 4.78 is 21.2. The number of hydrogen-bond acceptors (Lipinski definition) is 6. The Kier molecular flexibility index (Phi) is 8.18. The van der Waals surface area contributed by atoms with Crippen molar-refractivity contribution in [1.29, 1.82) is 0 Å². The van der Waals surface area contributed by atoms with E-state index < -0.39 is 0 Å². The number of carbonyl (C=O) groups is 1. The van der Waals surface area contributed by atoms with Crippen molar-refractivity contribution in [2.45, 2.75) is 0 Å². The first kappa shape index (κ1) is 24.3. The van der Waals surface area contributed by atoms with Crippen LogP contribution in [0, 0.1) is 0 Å². The van der Waals surface area contributed by atoms with Crippen LogP contribution in [0.5, 0.6) is 28.7 Å². The highest BCUT2D eigenvalue weighted by Gasteiger charge is 2.12. The molecule has 3 aromatic carbocycles. The molecule has 0 aromatic heterocycles. The van der Waals surface area contributed by atoms with Crippen LogP contribution in [0.2, 0.25) is 0 Å². The van der Waals surface area contributed by atoms with Crippen LogP contribution in [0.3, 0.4) is 0 Å². The molecular weight excluding hydrogens is 434 g/mol. The summed E-state index contributed by atoms with van der Waals surface area (Å²) in [7, 11) is 6.19. The van der Waals surface area contributed by atoms with Gasteiger partial charge in [0.05, 0.1) is 28.4 Å². The van der Waals surface area contributed by atoms with E-state index in [1.165, 1.54) is 19.3 Å². The van der Waals surface area contributed by atoms with Gasteiger partial charge in [-0.2, -0.15) is 0 Å². The molecule has 0 heterocycles. The fourth-order valence-electron chi connectivity index (χ4n) is 3.22. The molecule has 0 aliphatic heterocycles. The first-order valence-electron chi connectivity index (χ1n) is 10.4. The Hall–Kier alpha value is -4.39. The largest absolute Gasteiger partial charge is 0.504 e. The normalized spacial score (nSPS) is 10.9. The second-order valence-electron chi connectivity index (χ2n) is 7.17. The van der Waals surface area contributed by atoms with Crippen molar-refractivity contribution in [3.8, 4) is 28.7 Å². The third-order valence-electron chi connectivity index (χ3n) is 4.96. The van der Waals surface area contributed by atoms with Crippen molar-refractivity contribution >= 4 is 29.8 Å². The van der Waals surface area contributed by atoms with E-state index in [1.807, 2.05) is 48.6 Å². The van der Waals surface area contributed by atoms with E-state index in [2.05, 4.69) is 5.32 Å². The number of methoxy groups -OCH3 is 4. The molecule has 0 spiro atoms. The molecule has 176 valence electrons. The standard InChI is InChI=1S/C27H27NO6/c1-31-23-15-19(9-13-22(23)29)10-14-26(30)28-21-11-7-18(8-12-21)5-6-20-16-24(32-2)27(34-4)25(17-20)33-3/h5-17,29H,1-4H3,(H,28,30)/b6-5?,14-10+. The summed E-state index contributed by atoms with van der Waals surface area (Å²) in [5.41, 5.74) is 3.25. The van der Waals surface area contributed by atoms with Crippen LogP contribution in [0.1, 0.15) is 16.7 Å². The summed E-state index contributed by atoms with van der Waals surface area (Å²) in [6.07, 6.45) is 6.95.